The van der Waals surface area contributed by atoms with E-state index in [4.69, 9.17) is 0 Å². The molecule has 3 rings (SSSR count). The zero-order valence-electron chi connectivity index (χ0n) is 16.5. The Morgan fingerprint density at radius 2 is 1.77 bits per heavy atom. The van der Waals surface area contributed by atoms with Crippen LogP contribution in [0.1, 0.15) is 38.7 Å². The van der Waals surface area contributed by atoms with Gasteiger partial charge in [-0.3, -0.25) is 4.79 Å². The second-order valence-electron chi connectivity index (χ2n) is 7.80. The summed E-state index contributed by atoms with van der Waals surface area (Å²) < 4.78 is 54.1. The summed E-state index contributed by atoms with van der Waals surface area (Å²) in [5.41, 5.74) is -2.25. The Balaban J connectivity index is 1.87. The van der Waals surface area contributed by atoms with Crippen molar-refractivity contribution in [2.24, 2.45) is 0 Å². The van der Waals surface area contributed by atoms with Gasteiger partial charge in [-0.2, -0.15) is 13.2 Å². The molecule has 0 radical (unpaired) electrons. The fourth-order valence-electron chi connectivity index (χ4n) is 3.11. The van der Waals surface area contributed by atoms with Crippen molar-refractivity contribution in [3.05, 3.63) is 58.5 Å². The van der Waals surface area contributed by atoms with Gasteiger partial charge in [0.05, 0.1) is 22.1 Å². The predicted octanol–water partition coefficient (Wildman–Crippen LogP) is 4.56. The summed E-state index contributed by atoms with van der Waals surface area (Å²) in [5, 5.41) is 10.3. The van der Waals surface area contributed by atoms with Crippen molar-refractivity contribution in [2.75, 3.05) is 0 Å². The molecule has 0 fully saturated rings. The molecular weight excluding hydrogens is 402 g/mol. The highest BCUT2D eigenvalue weighted by Gasteiger charge is 2.31. The van der Waals surface area contributed by atoms with Crippen molar-refractivity contribution in [2.45, 2.75) is 51.4 Å². The van der Waals surface area contributed by atoms with E-state index in [-0.39, 0.29) is 22.3 Å². The number of aromatic nitrogens is 3. The molecule has 0 unspecified atom stereocenters. The lowest BCUT2D eigenvalue weighted by Gasteiger charge is -2.16. The summed E-state index contributed by atoms with van der Waals surface area (Å²) in [6.07, 6.45) is 0.195. The van der Waals surface area contributed by atoms with Crippen LogP contribution in [0.25, 0.3) is 22.2 Å². The lowest BCUT2D eigenvalue weighted by atomic mass is 10.0. The molecule has 0 aliphatic heterocycles. The van der Waals surface area contributed by atoms with Crippen LogP contribution in [0.3, 0.4) is 0 Å². The normalized spacial score (nSPS) is 12.5. The maximum atomic E-state index is 14.6. The number of benzene rings is 1. The van der Waals surface area contributed by atoms with Gasteiger partial charge in [0, 0.05) is 25.1 Å². The largest absolute Gasteiger partial charge is 0.419 e. The van der Waals surface area contributed by atoms with Crippen LogP contribution in [0.4, 0.5) is 17.6 Å². The second-order valence-corrected chi connectivity index (χ2v) is 7.80. The average molecular weight is 423 g/mol. The predicted molar refractivity (Wildman–Crippen MR) is 104 cm³/mol. The highest BCUT2D eigenvalue weighted by atomic mass is 19.4. The van der Waals surface area contributed by atoms with Gasteiger partial charge in [-0.15, -0.1) is 0 Å². The molecule has 0 saturated carbocycles. The summed E-state index contributed by atoms with van der Waals surface area (Å²) >= 11 is 0. The zero-order chi connectivity index (χ0) is 22.1. The van der Waals surface area contributed by atoms with Gasteiger partial charge in [0.15, 0.2) is 5.82 Å². The van der Waals surface area contributed by atoms with Gasteiger partial charge in [-0.25, -0.2) is 14.4 Å². The molecule has 30 heavy (non-hydrogen) atoms. The van der Waals surface area contributed by atoms with Gasteiger partial charge in [-0.1, -0.05) is 0 Å². The van der Waals surface area contributed by atoms with Crippen LogP contribution in [0.2, 0.25) is 0 Å². The molecule has 3 aromatic rings. The minimum absolute atomic E-state index is 0.0847. The molecule has 160 valence electrons. The number of hydrogen-bond donors (Lipinski definition) is 1. The van der Waals surface area contributed by atoms with Crippen LogP contribution in [0.15, 0.2) is 41.6 Å². The van der Waals surface area contributed by atoms with Gasteiger partial charge in [-0.05, 0) is 56.7 Å². The van der Waals surface area contributed by atoms with Crippen LogP contribution in [0.5, 0.6) is 0 Å². The van der Waals surface area contributed by atoms with Gasteiger partial charge >= 0.3 is 6.18 Å². The Morgan fingerprint density at radius 3 is 2.37 bits per heavy atom. The molecule has 5 nitrogen and oxygen atoms in total. The first kappa shape index (κ1) is 21.9. The van der Waals surface area contributed by atoms with Crippen molar-refractivity contribution in [1.82, 2.24) is 14.5 Å². The summed E-state index contributed by atoms with van der Waals surface area (Å²) in [6, 6.07) is 4.05. The van der Waals surface area contributed by atoms with E-state index < -0.39 is 23.2 Å². The Kier molecular flexibility index (Phi) is 5.94. The quantitative estimate of drug-likeness (QED) is 0.466. The molecule has 2 heterocycles. The SMILES string of the molecule is CC(C)(O)CCCCn1ccc2cc(-c3ncc(C(F)(F)F)cn3)c(F)cc2c1=O. The topological polar surface area (TPSA) is 68.0 Å². The molecule has 0 saturated heterocycles. The monoisotopic (exact) mass is 423 g/mol. The molecule has 1 aromatic carbocycles. The zero-order valence-corrected chi connectivity index (χ0v) is 16.5. The van der Waals surface area contributed by atoms with E-state index in [1.54, 1.807) is 26.1 Å². The first-order chi connectivity index (χ1) is 14.0. The number of fused-ring (bicyclic) bond motifs is 1. The number of rotatable bonds is 6. The van der Waals surface area contributed by atoms with E-state index in [2.05, 4.69) is 9.97 Å². The van der Waals surface area contributed by atoms with E-state index >= 15 is 0 Å². The number of aryl methyl sites for hydroxylation is 1. The standard InChI is InChI=1S/C21H21F4N3O2/c1-20(2,30)6-3-4-7-28-8-5-13-9-16(17(22)10-15(13)19(28)29)18-26-11-14(12-27-18)21(23,24)25/h5,8-12,30H,3-4,6-7H2,1-2H3. The third kappa shape index (κ3) is 5.02. The van der Waals surface area contributed by atoms with Gasteiger partial charge < -0.3 is 9.67 Å². The number of unbranched alkanes of at least 4 members (excludes halogenated alkanes) is 1. The van der Waals surface area contributed by atoms with E-state index in [9.17, 15) is 27.5 Å². The smallest absolute Gasteiger partial charge is 0.390 e. The molecule has 0 atom stereocenters. The lowest BCUT2D eigenvalue weighted by molar-refractivity contribution is -0.138. The molecule has 1 N–H and O–H groups in total. The third-order valence-corrected chi connectivity index (χ3v) is 4.72. The Hall–Kier alpha value is -2.81. The lowest BCUT2D eigenvalue weighted by Crippen LogP contribution is -2.21. The molecule has 2 aromatic heterocycles. The number of alkyl halides is 3. The molecular formula is C21H21F4N3O2. The first-order valence-corrected chi connectivity index (χ1v) is 9.40. The van der Waals surface area contributed by atoms with E-state index in [1.807, 2.05) is 0 Å². The van der Waals surface area contributed by atoms with Crippen LogP contribution < -0.4 is 5.56 Å². The summed E-state index contributed by atoms with van der Waals surface area (Å²) in [6.45, 7) is 3.86. The van der Waals surface area contributed by atoms with Crippen LogP contribution in [-0.2, 0) is 12.7 Å². The van der Waals surface area contributed by atoms with Crippen LogP contribution in [-0.4, -0.2) is 25.2 Å². The number of hydrogen-bond acceptors (Lipinski definition) is 4. The highest BCUT2D eigenvalue weighted by molar-refractivity contribution is 5.85. The Bertz CT molecular complexity index is 1100. The van der Waals surface area contributed by atoms with Crippen molar-refractivity contribution in [1.29, 1.82) is 0 Å². The molecule has 0 aliphatic rings. The molecule has 0 aliphatic carbocycles. The fraction of sp³-hybridized carbons (Fsp3) is 0.381. The minimum atomic E-state index is -4.58. The highest BCUT2D eigenvalue weighted by Crippen LogP contribution is 2.29. The molecule has 9 heteroatoms. The maximum Gasteiger partial charge on any atom is 0.419 e. The van der Waals surface area contributed by atoms with E-state index in [1.165, 1.54) is 10.6 Å². The maximum absolute atomic E-state index is 14.6. The summed E-state index contributed by atoms with van der Waals surface area (Å²) in [7, 11) is 0. The Labute approximate surface area is 170 Å². The number of nitrogens with zero attached hydrogens (tertiary/aromatic N) is 3. The second kappa shape index (κ2) is 8.14. The van der Waals surface area contributed by atoms with Crippen LogP contribution in [0, 0.1) is 5.82 Å². The number of aliphatic hydroxyl groups is 1. The number of halogens is 4. The Morgan fingerprint density at radius 1 is 1.10 bits per heavy atom. The third-order valence-electron chi connectivity index (χ3n) is 4.72. The number of pyridine rings is 1. The van der Waals surface area contributed by atoms with Crippen molar-refractivity contribution in [3.63, 3.8) is 0 Å². The summed E-state index contributed by atoms with van der Waals surface area (Å²) in [5.74, 6) is -0.989. The first-order valence-electron chi connectivity index (χ1n) is 9.40. The van der Waals surface area contributed by atoms with Crippen molar-refractivity contribution < 1.29 is 22.7 Å². The fourth-order valence-corrected chi connectivity index (χ4v) is 3.11. The van der Waals surface area contributed by atoms with E-state index in [0.717, 1.165) is 12.5 Å². The van der Waals surface area contributed by atoms with E-state index in [0.29, 0.717) is 37.2 Å². The molecule has 0 spiro atoms. The van der Waals surface area contributed by atoms with Gasteiger partial charge in [0.1, 0.15) is 5.82 Å². The average Bonchev–Trinajstić information content (AvgIpc) is 2.65. The van der Waals surface area contributed by atoms with Crippen LogP contribution >= 0.6 is 0 Å². The van der Waals surface area contributed by atoms with Gasteiger partial charge in [0.2, 0.25) is 0 Å². The van der Waals surface area contributed by atoms with Crippen molar-refractivity contribution in [3.8, 4) is 11.4 Å². The van der Waals surface area contributed by atoms with Crippen molar-refractivity contribution >= 4 is 10.8 Å². The summed E-state index contributed by atoms with van der Waals surface area (Å²) in [4.78, 5) is 19.9. The minimum Gasteiger partial charge on any atom is -0.390 e. The van der Waals surface area contributed by atoms with Gasteiger partial charge in [0.25, 0.3) is 5.56 Å². The molecule has 0 amide bonds. The molecule has 0 bridgehead atoms.